The maximum absolute atomic E-state index is 13.3. The molecule has 0 saturated carbocycles. The Balaban J connectivity index is 2.44. The highest BCUT2D eigenvalue weighted by molar-refractivity contribution is 5.29. The molecule has 1 atom stereocenters. The molecule has 2 aromatic rings. The van der Waals surface area contributed by atoms with Gasteiger partial charge in [-0.2, -0.15) is 5.10 Å². The summed E-state index contributed by atoms with van der Waals surface area (Å²) in [6.45, 7) is 4.68. The summed E-state index contributed by atoms with van der Waals surface area (Å²) in [6.07, 6.45) is 0. The first-order valence-electron chi connectivity index (χ1n) is 5.91. The fourth-order valence-corrected chi connectivity index (χ4v) is 2.09. The second-order valence-corrected chi connectivity index (χ2v) is 4.18. The molecule has 18 heavy (non-hydrogen) atoms. The van der Waals surface area contributed by atoms with Gasteiger partial charge in [0.2, 0.25) is 0 Å². The van der Waals surface area contributed by atoms with Crippen LogP contribution in [0.25, 0.3) is 0 Å². The van der Waals surface area contributed by atoms with Crippen molar-refractivity contribution in [2.45, 2.75) is 26.4 Å². The lowest BCUT2D eigenvalue weighted by atomic mass is 10.0. The first-order valence-corrected chi connectivity index (χ1v) is 5.91. The van der Waals surface area contributed by atoms with Gasteiger partial charge in [-0.05, 0) is 37.6 Å². The predicted octanol–water partition coefficient (Wildman–Crippen LogP) is 1.90. The van der Waals surface area contributed by atoms with Crippen LogP contribution in [-0.4, -0.2) is 9.78 Å². The van der Waals surface area contributed by atoms with Crippen LogP contribution >= 0.6 is 0 Å². The van der Waals surface area contributed by atoms with Crippen molar-refractivity contribution in [1.29, 1.82) is 0 Å². The number of hydrogen-bond donors (Lipinski definition) is 2. The van der Waals surface area contributed by atoms with Crippen LogP contribution in [0.3, 0.4) is 0 Å². The van der Waals surface area contributed by atoms with Crippen LogP contribution in [0.1, 0.15) is 29.9 Å². The molecule has 0 amide bonds. The summed E-state index contributed by atoms with van der Waals surface area (Å²) < 4.78 is 15.1. The number of nitrogens with one attached hydrogen (secondary N) is 1. The zero-order valence-corrected chi connectivity index (χ0v) is 10.5. The molecule has 5 heteroatoms. The van der Waals surface area contributed by atoms with E-state index < -0.39 is 0 Å². The van der Waals surface area contributed by atoms with Crippen molar-refractivity contribution in [3.8, 4) is 0 Å². The number of aryl methyl sites for hydroxylation is 2. The summed E-state index contributed by atoms with van der Waals surface area (Å²) >= 11 is 0. The van der Waals surface area contributed by atoms with Crippen LogP contribution in [0.4, 0.5) is 4.39 Å². The number of hydrogen-bond acceptors (Lipinski definition) is 3. The molecular weight excluding hydrogens is 231 g/mol. The Kier molecular flexibility index (Phi) is 3.74. The van der Waals surface area contributed by atoms with Crippen molar-refractivity contribution >= 4 is 0 Å². The average Bonchev–Trinajstić information content (AvgIpc) is 2.71. The second kappa shape index (κ2) is 5.29. The Bertz CT molecular complexity index is 536. The van der Waals surface area contributed by atoms with E-state index in [0.29, 0.717) is 0 Å². The first kappa shape index (κ1) is 12.7. The Morgan fingerprint density at radius 2 is 2.22 bits per heavy atom. The van der Waals surface area contributed by atoms with Crippen molar-refractivity contribution in [3.63, 3.8) is 0 Å². The van der Waals surface area contributed by atoms with Crippen molar-refractivity contribution in [1.82, 2.24) is 15.2 Å². The van der Waals surface area contributed by atoms with E-state index in [0.717, 1.165) is 23.5 Å². The third-order valence-corrected chi connectivity index (χ3v) is 2.88. The number of halogens is 1. The summed E-state index contributed by atoms with van der Waals surface area (Å²) in [5, 5.41) is 4.37. The fourth-order valence-electron chi connectivity index (χ4n) is 2.09. The highest BCUT2D eigenvalue weighted by Gasteiger charge is 2.18. The summed E-state index contributed by atoms with van der Waals surface area (Å²) in [5.74, 6) is 5.33. The van der Waals surface area contributed by atoms with Crippen molar-refractivity contribution in [3.05, 3.63) is 53.1 Å². The standard InChI is InChI=1S/C13H17FN4/c1-3-18-12(7-9(2)17-18)13(16-15)10-5-4-6-11(14)8-10/h4-8,13,16H,3,15H2,1-2H3. The smallest absolute Gasteiger partial charge is 0.123 e. The minimum absolute atomic E-state index is 0.262. The molecule has 96 valence electrons. The molecule has 0 fully saturated rings. The van der Waals surface area contributed by atoms with Gasteiger partial charge in [-0.1, -0.05) is 12.1 Å². The number of nitrogens with two attached hydrogens (primary N) is 1. The van der Waals surface area contributed by atoms with E-state index >= 15 is 0 Å². The molecule has 4 nitrogen and oxygen atoms in total. The largest absolute Gasteiger partial charge is 0.271 e. The highest BCUT2D eigenvalue weighted by atomic mass is 19.1. The maximum atomic E-state index is 13.3. The minimum Gasteiger partial charge on any atom is -0.271 e. The molecule has 2 rings (SSSR count). The Morgan fingerprint density at radius 3 is 2.83 bits per heavy atom. The molecule has 0 bridgehead atoms. The Hall–Kier alpha value is -1.72. The zero-order chi connectivity index (χ0) is 13.1. The third kappa shape index (κ3) is 2.42. The molecule has 0 saturated heterocycles. The first-order chi connectivity index (χ1) is 8.65. The van der Waals surface area contributed by atoms with Gasteiger partial charge in [0.25, 0.3) is 0 Å². The molecule has 3 N–H and O–H groups in total. The van der Waals surface area contributed by atoms with Gasteiger partial charge < -0.3 is 0 Å². The molecular formula is C13H17FN4. The molecule has 1 heterocycles. The number of rotatable bonds is 4. The minimum atomic E-state index is -0.271. The lowest BCUT2D eigenvalue weighted by Gasteiger charge is -2.17. The summed E-state index contributed by atoms with van der Waals surface area (Å²) in [4.78, 5) is 0. The van der Waals surface area contributed by atoms with Crippen LogP contribution in [0, 0.1) is 12.7 Å². The maximum Gasteiger partial charge on any atom is 0.123 e. The number of benzene rings is 1. The van der Waals surface area contributed by atoms with Gasteiger partial charge in [-0.15, -0.1) is 0 Å². The monoisotopic (exact) mass is 248 g/mol. The van der Waals surface area contributed by atoms with Gasteiger partial charge >= 0.3 is 0 Å². The van der Waals surface area contributed by atoms with E-state index in [-0.39, 0.29) is 11.9 Å². The van der Waals surface area contributed by atoms with Crippen LogP contribution in [0.5, 0.6) is 0 Å². The van der Waals surface area contributed by atoms with E-state index in [2.05, 4.69) is 10.5 Å². The molecule has 0 spiro atoms. The quantitative estimate of drug-likeness (QED) is 0.642. The van der Waals surface area contributed by atoms with Gasteiger partial charge in [0, 0.05) is 6.54 Å². The van der Waals surface area contributed by atoms with Crippen molar-refractivity contribution in [2.75, 3.05) is 0 Å². The highest BCUT2D eigenvalue weighted by Crippen LogP contribution is 2.22. The average molecular weight is 248 g/mol. The van der Waals surface area contributed by atoms with E-state index in [1.165, 1.54) is 12.1 Å². The van der Waals surface area contributed by atoms with Crippen molar-refractivity contribution < 1.29 is 4.39 Å². The molecule has 0 aliphatic carbocycles. The molecule has 0 aliphatic rings. The Morgan fingerprint density at radius 1 is 1.44 bits per heavy atom. The predicted molar refractivity (Wildman–Crippen MR) is 68.2 cm³/mol. The lowest BCUT2D eigenvalue weighted by Crippen LogP contribution is -2.30. The molecule has 0 aliphatic heterocycles. The molecule has 1 unspecified atom stereocenters. The zero-order valence-electron chi connectivity index (χ0n) is 10.5. The topological polar surface area (TPSA) is 55.9 Å². The summed E-state index contributed by atoms with van der Waals surface area (Å²) in [6, 6.07) is 8.11. The lowest BCUT2D eigenvalue weighted by molar-refractivity contribution is 0.538. The second-order valence-electron chi connectivity index (χ2n) is 4.18. The van der Waals surface area contributed by atoms with E-state index in [4.69, 9.17) is 5.84 Å². The van der Waals surface area contributed by atoms with Crippen LogP contribution in [-0.2, 0) is 6.54 Å². The summed E-state index contributed by atoms with van der Waals surface area (Å²) in [5.41, 5.74) is 5.36. The van der Waals surface area contributed by atoms with E-state index in [1.54, 1.807) is 6.07 Å². The SMILES string of the molecule is CCn1nc(C)cc1C(NN)c1cccc(F)c1. The normalized spacial score (nSPS) is 12.7. The van der Waals surface area contributed by atoms with Crippen LogP contribution in [0.2, 0.25) is 0 Å². The number of aromatic nitrogens is 2. The Labute approximate surface area is 106 Å². The van der Waals surface area contributed by atoms with Crippen LogP contribution in [0.15, 0.2) is 30.3 Å². The van der Waals surface area contributed by atoms with Gasteiger partial charge in [0.1, 0.15) is 5.82 Å². The van der Waals surface area contributed by atoms with Gasteiger partial charge in [-0.3, -0.25) is 10.5 Å². The van der Waals surface area contributed by atoms with E-state index in [1.807, 2.05) is 30.7 Å². The number of nitrogens with zero attached hydrogens (tertiary/aromatic N) is 2. The van der Waals surface area contributed by atoms with Crippen LogP contribution < -0.4 is 11.3 Å². The van der Waals surface area contributed by atoms with Gasteiger partial charge in [-0.25, -0.2) is 9.82 Å². The van der Waals surface area contributed by atoms with Gasteiger partial charge in [0.15, 0.2) is 0 Å². The summed E-state index contributed by atoms with van der Waals surface area (Å²) in [7, 11) is 0. The molecule has 0 radical (unpaired) electrons. The molecule has 1 aromatic carbocycles. The molecule has 1 aromatic heterocycles. The fraction of sp³-hybridized carbons (Fsp3) is 0.308. The third-order valence-electron chi connectivity index (χ3n) is 2.88. The number of hydrazine groups is 1. The van der Waals surface area contributed by atoms with Gasteiger partial charge in [0.05, 0.1) is 17.4 Å². The van der Waals surface area contributed by atoms with E-state index in [9.17, 15) is 4.39 Å². The van der Waals surface area contributed by atoms with Crippen molar-refractivity contribution in [2.24, 2.45) is 5.84 Å².